The molecule has 0 saturated heterocycles. The maximum absolute atomic E-state index is 13.9. The standard InChI is InChI=1S/C29H30BrN3O5S/c1-20(2)17-31-28(35)25(16-21-9-4-3-5-10-21)32(18-22-11-8-12-23(30)15-22)27(34)19-33-29(36)24-13-6-7-14-26(24)39(33,37)38/h3-15,20,25H,16-19H2,1-2H3,(H,31,35)/t25-/m0/s1. The third kappa shape index (κ3) is 6.57. The van der Waals surface area contributed by atoms with Gasteiger partial charge >= 0.3 is 0 Å². The molecule has 8 nitrogen and oxygen atoms in total. The molecule has 1 aliphatic heterocycles. The largest absolute Gasteiger partial charge is 0.354 e. The van der Waals surface area contributed by atoms with E-state index in [0.717, 1.165) is 15.6 Å². The van der Waals surface area contributed by atoms with Gasteiger partial charge in [0.2, 0.25) is 11.8 Å². The van der Waals surface area contributed by atoms with E-state index in [4.69, 9.17) is 0 Å². The second kappa shape index (κ2) is 12.1. The first kappa shape index (κ1) is 28.5. The number of carbonyl (C=O) groups is 3. The number of nitrogens with one attached hydrogen (secondary N) is 1. The highest BCUT2D eigenvalue weighted by molar-refractivity contribution is 9.10. The van der Waals surface area contributed by atoms with Crippen LogP contribution in [-0.4, -0.2) is 54.5 Å². The Morgan fingerprint density at radius 2 is 1.62 bits per heavy atom. The summed E-state index contributed by atoms with van der Waals surface area (Å²) in [7, 11) is -4.20. The van der Waals surface area contributed by atoms with Crippen molar-refractivity contribution in [2.75, 3.05) is 13.1 Å². The van der Waals surface area contributed by atoms with Crippen LogP contribution < -0.4 is 5.32 Å². The molecule has 0 radical (unpaired) electrons. The SMILES string of the molecule is CC(C)CNC(=O)[C@H](Cc1ccccc1)N(Cc1cccc(Br)c1)C(=O)CN1C(=O)c2ccccc2S1(=O)=O. The van der Waals surface area contributed by atoms with Crippen LogP contribution in [0.3, 0.4) is 0 Å². The Morgan fingerprint density at radius 1 is 0.949 bits per heavy atom. The number of nitrogens with zero attached hydrogens (tertiary/aromatic N) is 2. The molecular weight excluding hydrogens is 582 g/mol. The van der Waals surface area contributed by atoms with Crippen LogP contribution in [0, 0.1) is 5.92 Å². The number of hydrogen-bond acceptors (Lipinski definition) is 5. The van der Waals surface area contributed by atoms with E-state index in [9.17, 15) is 22.8 Å². The van der Waals surface area contributed by atoms with Crippen molar-refractivity contribution in [3.63, 3.8) is 0 Å². The average molecular weight is 613 g/mol. The van der Waals surface area contributed by atoms with Crippen molar-refractivity contribution in [1.29, 1.82) is 0 Å². The molecule has 1 N–H and O–H groups in total. The van der Waals surface area contributed by atoms with E-state index < -0.39 is 34.4 Å². The van der Waals surface area contributed by atoms with Crippen LogP contribution in [0.4, 0.5) is 0 Å². The predicted octanol–water partition coefficient (Wildman–Crippen LogP) is 4.01. The number of amides is 3. The molecule has 204 valence electrons. The van der Waals surface area contributed by atoms with E-state index in [1.807, 2.05) is 68.4 Å². The van der Waals surface area contributed by atoms with Gasteiger partial charge < -0.3 is 10.2 Å². The first-order chi connectivity index (χ1) is 18.6. The van der Waals surface area contributed by atoms with Gasteiger partial charge in [-0.1, -0.05) is 84.4 Å². The first-order valence-electron chi connectivity index (χ1n) is 12.6. The second-order valence-electron chi connectivity index (χ2n) is 9.81. The van der Waals surface area contributed by atoms with Gasteiger partial charge in [0.25, 0.3) is 15.9 Å². The normalized spacial score (nSPS) is 14.7. The summed E-state index contributed by atoms with van der Waals surface area (Å²) in [5, 5.41) is 2.93. The van der Waals surface area contributed by atoms with Crippen molar-refractivity contribution in [3.8, 4) is 0 Å². The summed E-state index contributed by atoms with van der Waals surface area (Å²) in [4.78, 5) is 41.8. The zero-order valence-corrected chi connectivity index (χ0v) is 24.1. The summed E-state index contributed by atoms with van der Waals surface area (Å²) >= 11 is 3.44. The van der Waals surface area contributed by atoms with Crippen LogP contribution in [0.1, 0.15) is 35.3 Å². The van der Waals surface area contributed by atoms with E-state index in [-0.39, 0.29) is 35.2 Å². The fraction of sp³-hybridized carbons (Fsp3) is 0.276. The third-order valence-corrected chi connectivity index (χ3v) is 8.67. The van der Waals surface area contributed by atoms with Gasteiger partial charge in [-0.05, 0) is 41.3 Å². The van der Waals surface area contributed by atoms with Gasteiger partial charge in [-0.2, -0.15) is 0 Å². The van der Waals surface area contributed by atoms with Gasteiger partial charge in [0.1, 0.15) is 17.5 Å². The summed E-state index contributed by atoms with van der Waals surface area (Å²) in [6.07, 6.45) is 0.214. The second-order valence-corrected chi connectivity index (χ2v) is 12.6. The molecule has 0 aromatic heterocycles. The molecule has 0 spiro atoms. The Kier molecular flexibility index (Phi) is 8.87. The van der Waals surface area contributed by atoms with Crippen molar-refractivity contribution >= 4 is 43.7 Å². The van der Waals surface area contributed by atoms with E-state index in [2.05, 4.69) is 21.2 Å². The van der Waals surface area contributed by atoms with Crippen LogP contribution >= 0.6 is 15.9 Å². The lowest BCUT2D eigenvalue weighted by Crippen LogP contribution is -2.53. The summed E-state index contributed by atoms with van der Waals surface area (Å²) in [5.74, 6) is -1.58. The van der Waals surface area contributed by atoms with Crippen LogP contribution in [0.5, 0.6) is 0 Å². The molecule has 0 aliphatic carbocycles. The van der Waals surface area contributed by atoms with Gasteiger partial charge in [0, 0.05) is 24.0 Å². The van der Waals surface area contributed by atoms with Crippen molar-refractivity contribution in [2.45, 2.75) is 37.8 Å². The van der Waals surface area contributed by atoms with Crippen molar-refractivity contribution in [1.82, 2.24) is 14.5 Å². The lowest BCUT2D eigenvalue weighted by molar-refractivity contribution is -0.141. The molecule has 1 aliphatic rings. The van der Waals surface area contributed by atoms with E-state index >= 15 is 0 Å². The van der Waals surface area contributed by atoms with Gasteiger partial charge in [0.05, 0.1) is 5.56 Å². The lowest BCUT2D eigenvalue weighted by Gasteiger charge is -2.32. The highest BCUT2D eigenvalue weighted by Crippen LogP contribution is 2.30. The molecule has 10 heteroatoms. The molecule has 0 unspecified atom stereocenters. The molecule has 0 bridgehead atoms. The molecular formula is C29H30BrN3O5S. The van der Waals surface area contributed by atoms with Gasteiger partial charge in [-0.15, -0.1) is 0 Å². The van der Waals surface area contributed by atoms with Crippen LogP contribution in [-0.2, 0) is 32.6 Å². The molecule has 39 heavy (non-hydrogen) atoms. The Morgan fingerprint density at radius 3 is 2.28 bits per heavy atom. The van der Waals surface area contributed by atoms with Crippen molar-refractivity contribution < 1.29 is 22.8 Å². The van der Waals surface area contributed by atoms with Gasteiger partial charge in [-0.25, -0.2) is 12.7 Å². The van der Waals surface area contributed by atoms with Crippen LogP contribution in [0.2, 0.25) is 0 Å². The summed E-state index contributed by atoms with van der Waals surface area (Å²) in [6.45, 7) is 3.68. The van der Waals surface area contributed by atoms with E-state index in [1.54, 1.807) is 6.07 Å². The maximum Gasteiger partial charge on any atom is 0.269 e. The number of sulfonamides is 1. The Balaban J connectivity index is 1.71. The molecule has 3 amide bonds. The van der Waals surface area contributed by atoms with Crippen LogP contribution in [0.25, 0.3) is 0 Å². The van der Waals surface area contributed by atoms with Gasteiger partial charge in [0.15, 0.2) is 0 Å². The smallest absolute Gasteiger partial charge is 0.269 e. The number of carbonyl (C=O) groups excluding carboxylic acids is 3. The number of halogens is 1. The average Bonchev–Trinajstić information content (AvgIpc) is 3.10. The lowest BCUT2D eigenvalue weighted by atomic mass is 10.0. The molecule has 0 fully saturated rings. The number of rotatable bonds is 10. The highest BCUT2D eigenvalue weighted by Gasteiger charge is 2.43. The van der Waals surface area contributed by atoms with Crippen molar-refractivity contribution in [3.05, 3.63) is 100 Å². The van der Waals surface area contributed by atoms with Gasteiger partial charge in [-0.3, -0.25) is 14.4 Å². The monoisotopic (exact) mass is 611 g/mol. The minimum Gasteiger partial charge on any atom is -0.354 e. The van der Waals surface area contributed by atoms with E-state index in [0.29, 0.717) is 10.8 Å². The molecule has 1 atom stereocenters. The zero-order valence-electron chi connectivity index (χ0n) is 21.7. The van der Waals surface area contributed by atoms with E-state index in [1.165, 1.54) is 23.1 Å². The third-order valence-electron chi connectivity index (χ3n) is 6.39. The first-order valence-corrected chi connectivity index (χ1v) is 14.8. The number of hydrogen-bond donors (Lipinski definition) is 1. The van der Waals surface area contributed by atoms with Crippen molar-refractivity contribution in [2.24, 2.45) is 5.92 Å². The molecule has 0 saturated carbocycles. The summed E-state index contributed by atoms with van der Waals surface area (Å²) in [5.41, 5.74) is 1.61. The fourth-order valence-corrected chi connectivity index (χ4v) is 6.37. The fourth-order valence-electron chi connectivity index (χ4n) is 4.41. The minimum absolute atomic E-state index is 0.0272. The molecule has 3 aromatic rings. The maximum atomic E-state index is 13.9. The Bertz CT molecular complexity index is 1480. The number of benzene rings is 3. The summed E-state index contributed by atoms with van der Waals surface area (Å²) < 4.78 is 27.7. The molecule has 3 aromatic carbocycles. The van der Waals surface area contributed by atoms with Crippen LogP contribution in [0.15, 0.2) is 88.2 Å². The summed E-state index contributed by atoms with van der Waals surface area (Å²) in [6, 6.07) is 21.6. The molecule has 4 rings (SSSR count). The Labute approximate surface area is 237 Å². The quantitative estimate of drug-likeness (QED) is 0.373. The zero-order chi connectivity index (χ0) is 28.2. The topological polar surface area (TPSA) is 104 Å². The minimum atomic E-state index is -4.20. The highest BCUT2D eigenvalue weighted by atomic mass is 79.9. The Hall–Kier alpha value is -3.50. The number of fused-ring (bicyclic) bond motifs is 1. The molecule has 1 heterocycles. The predicted molar refractivity (Wildman–Crippen MR) is 151 cm³/mol.